The number of ether oxygens (including phenoxy) is 1. The Kier molecular flexibility index (Phi) is 4.02. The lowest BCUT2D eigenvalue weighted by Gasteiger charge is -2.18. The third-order valence-corrected chi connectivity index (χ3v) is 2.36. The molecule has 1 rings (SSSR count). The third-order valence-electron chi connectivity index (χ3n) is 1.37. The summed E-state index contributed by atoms with van der Waals surface area (Å²) < 4.78 is 64.0. The van der Waals surface area contributed by atoms with Gasteiger partial charge in [-0.1, -0.05) is 11.3 Å². The highest BCUT2D eigenvalue weighted by atomic mass is 35.5. The number of rotatable bonds is 4. The summed E-state index contributed by atoms with van der Waals surface area (Å²) in [5.74, 6) is -4.87. The first kappa shape index (κ1) is 13.5. The van der Waals surface area contributed by atoms with Crippen molar-refractivity contribution < 1.29 is 26.7 Å². The van der Waals surface area contributed by atoms with Crippen molar-refractivity contribution in [2.45, 2.75) is 18.7 Å². The van der Waals surface area contributed by atoms with Gasteiger partial charge in [-0.2, -0.15) is 22.0 Å². The Labute approximate surface area is 95.2 Å². The maximum absolute atomic E-state index is 12.3. The minimum absolute atomic E-state index is 0.0566. The van der Waals surface area contributed by atoms with E-state index in [0.29, 0.717) is 0 Å². The fraction of sp³-hybridized carbons (Fsp3) is 0.667. The number of alkyl halides is 5. The molecule has 0 aliphatic heterocycles. The zero-order valence-electron chi connectivity index (χ0n) is 7.39. The van der Waals surface area contributed by atoms with Gasteiger partial charge in [-0.05, 0) is 11.6 Å². The van der Waals surface area contributed by atoms with Crippen LogP contribution in [0.3, 0.4) is 0 Å². The second-order valence-electron chi connectivity index (χ2n) is 2.64. The minimum atomic E-state index is -5.62. The van der Waals surface area contributed by atoms with E-state index in [1.54, 1.807) is 0 Å². The van der Waals surface area contributed by atoms with Crippen molar-refractivity contribution in [2.75, 3.05) is 6.61 Å². The Bertz CT molecular complexity index is 355. The number of halogens is 6. The topological polar surface area (TPSA) is 35.0 Å². The van der Waals surface area contributed by atoms with Crippen LogP contribution in [0, 0.1) is 0 Å². The zero-order valence-corrected chi connectivity index (χ0v) is 8.97. The molecule has 0 unspecified atom stereocenters. The van der Waals surface area contributed by atoms with Gasteiger partial charge in [0.2, 0.25) is 4.47 Å². The van der Waals surface area contributed by atoms with Crippen molar-refractivity contribution >= 4 is 22.9 Å². The van der Waals surface area contributed by atoms with Gasteiger partial charge in [0.15, 0.2) is 0 Å². The molecule has 1 heterocycles. The van der Waals surface area contributed by atoms with E-state index in [1.165, 1.54) is 0 Å². The summed E-state index contributed by atoms with van der Waals surface area (Å²) in [5, 5.41) is 6.84. The summed E-state index contributed by atoms with van der Waals surface area (Å²) in [5.41, 5.74) is 0. The highest BCUT2D eigenvalue weighted by Crippen LogP contribution is 2.35. The molecule has 10 heteroatoms. The molecule has 0 radical (unpaired) electrons. The first-order valence-corrected chi connectivity index (χ1v) is 4.92. The molecule has 1 aromatic rings. The van der Waals surface area contributed by atoms with Crippen LogP contribution in [0.15, 0.2) is 0 Å². The van der Waals surface area contributed by atoms with E-state index in [2.05, 4.69) is 14.9 Å². The average Bonchev–Trinajstić information content (AvgIpc) is 2.49. The summed E-state index contributed by atoms with van der Waals surface area (Å²) in [4.78, 5) is 0. The molecule has 0 N–H and O–H groups in total. The van der Waals surface area contributed by atoms with Crippen molar-refractivity contribution in [2.24, 2.45) is 0 Å². The van der Waals surface area contributed by atoms with E-state index >= 15 is 0 Å². The molecule has 0 aromatic carbocycles. The molecule has 1 aromatic heterocycles. The van der Waals surface area contributed by atoms with E-state index in [-0.39, 0.29) is 9.47 Å². The van der Waals surface area contributed by atoms with Crippen molar-refractivity contribution in [3.63, 3.8) is 0 Å². The van der Waals surface area contributed by atoms with Crippen LogP contribution in [0.25, 0.3) is 0 Å². The molecule has 3 nitrogen and oxygen atoms in total. The average molecular weight is 283 g/mol. The van der Waals surface area contributed by atoms with Crippen molar-refractivity contribution in [3.05, 3.63) is 9.47 Å². The Morgan fingerprint density at radius 2 is 1.81 bits per heavy atom. The standard InChI is InChI=1S/C6H4ClF5N2OS/c7-4-14-13-3(16-4)1-15-2-5(8,9)6(10,11)12/h1-2H2. The van der Waals surface area contributed by atoms with Crippen LogP contribution in [-0.4, -0.2) is 28.9 Å². The van der Waals surface area contributed by atoms with E-state index < -0.39 is 25.3 Å². The molecular formula is C6H4ClF5N2OS. The molecule has 0 amide bonds. The van der Waals surface area contributed by atoms with Gasteiger partial charge in [0.25, 0.3) is 0 Å². The van der Waals surface area contributed by atoms with Crippen molar-refractivity contribution in [1.82, 2.24) is 10.2 Å². The van der Waals surface area contributed by atoms with Crippen LogP contribution in [0.1, 0.15) is 5.01 Å². The Balaban J connectivity index is 2.41. The van der Waals surface area contributed by atoms with Crippen molar-refractivity contribution in [1.29, 1.82) is 0 Å². The largest absolute Gasteiger partial charge is 0.455 e. The van der Waals surface area contributed by atoms with Gasteiger partial charge in [-0.3, -0.25) is 0 Å². The first-order chi connectivity index (χ1) is 7.22. The van der Waals surface area contributed by atoms with Gasteiger partial charge in [-0.15, -0.1) is 10.2 Å². The van der Waals surface area contributed by atoms with Gasteiger partial charge in [0.05, 0.1) is 0 Å². The summed E-state index contributed by atoms with van der Waals surface area (Å²) in [6.07, 6.45) is -5.62. The van der Waals surface area contributed by atoms with Gasteiger partial charge in [-0.25, -0.2) is 0 Å². The predicted octanol–water partition coefficient (Wildman–Crippen LogP) is 2.91. The minimum Gasteiger partial charge on any atom is -0.368 e. The lowest BCUT2D eigenvalue weighted by molar-refractivity contribution is -0.297. The van der Waals surface area contributed by atoms with E-state index in [9.17, 15) is 22.0 Å². The molecule has 0 bridgehead atoms. The monoisotopic (exact) mass is 282 g/mol. The summed E-state index contributed by atoms with van der Waals surface area (Å²) in [6, 6.07) is 0. The van der Waals surface area contributed by atoms with Gasteiger partial charge in [0, 0.05) is 0 Å². The zero-order chi connectivity index (χ0) is 12.4. The summed E-state index contributed by atoms with van der Waals surface area (Å²) in [6.45, 7) is -2.25. The fourth-order valence-electron chi connectivity index (χ4n) is 0.640. The molecule has 0 aliphatic carbocycles. The number of hydrogen-bond donors (Lipinski definition) is 0. The Morgan fingerprint density at radius 3 is 2.25 bits per heavy atom. The van der Waals surface area contributed by atoms with Crippen LogP contribution in [-0.2, 0) is 11.3 Å². The highest BCUT2D eigenvalue weighted by molar-refractivity contribution is 7.15. The molecule has 0 fully saturated rings. The van der Waals surface area contributed by atoms with Crippen LogP contribution < -0.4 is 0 Å². The number of aromatic nitrogens is 2. The van der Waals surface area contributed by atoms with E-state index in [4.69, 9.17) is 11.6 Å². The van der Waals surface area contributed by atoms with Gasteiger partial charge < -0.3 is 4.74 Å². The fourth-order valence-corrected chi connectivity index (χ4v) is 1.44. The highest BCUT2D eigenvalue weighted by Gasteiger charge is 2.57. The molecule has 16 heavy (non-hydrogen) atoms. The lowest BCUT2D eigenvalue weighted by Crippen LogP contribution is -2.40. The van der Waals surface area contributed by atoms with Gasteiger partial charge in [0.1, 0.15) is 18.2 Å². The molecule has 0 spiro atoms. The summed E-state index contributed by atoms with van der Waals surface area (Å²) >= 11 is 6.20. The quantitative estimate of drug-likeness (QED) is 0.797. The van der Waals surface area contributed by atoms with E-state index in [0.717, 1.165) is 11.3 Å². The molecule has 0 saturated heterocycles. The van der Waals surface area contributed by atoms with Crippen LogP contribution >= 0.6 is 22.9 Å². The first-order valence-electron chi connectivity index (χ1n) is 3.72. The summed E-state index contributed by atoms with van der Waals surface area (Å²) in [7, 11) is 0. The normalized spacial score (nSPS) is 13.1. The maximum Gasteiger partial charge on any atom is 0.455 e. The smallest absolute Gasteiger partial charge is 0.368 e. The SMILES string of the molecule is FC(F)(F)C(F)(F)COCc1nnc(Cl)s1. The van der Waals surface area contributed by atoms with Crippen molar-refractivity contribution in [3.8, 4) is 0 Å². The third kappa shape index (κ3) is 3.49. The Morgan fingerprint density at radius 1 is 1.19 bits per heavy atom. The Hall–Kier alpha value is -0.540. The molecule has 0 saturated carbocycles. The van der Waals surface area contributed by atoms with Crippen LogP contribution in [0.4, 0.5) is 22.0 Å². The molecule has 0 atom stereocenters. The number of hydrogen-bond acceptors (Lipinski definition) is 4. The molecule has 0 aliphatic rings. The lowest BCUT2D eigenvalue weighted by atomic mass is 10.3. The van der Waals surface area contributed by atoms with Crippen LogP contribution in [0.2, 0.25) is 4.47 Å². The predicted molar refractivity (Wildman–Crippen MR) is 45.6 cm³/mol. The van der Waals surface area contributed by atoms with Gasteiger partial charge >= 0.3 is 12.1 Å². The van der Waals surface area contributed by atoms with E-state index in [1.807, 2.05) is 0 Å². The number of nitrogens with zero attached hydrogens (tertiary/aromatic N) is 2. The molecular weight excluding hydrogens is 279 g/mol. The van der Waals surface area contributed by atoms with Crippen LogP contribution in [0.5, 0.6) is 0 Å². The second-order valence-corrected chi connectivity index (χ2v) is 4.29. The second kappa shape index (κ2) is 4.76. The molecule has 92 valence electrons. The maximum atomic E-state index is 12.3.